The number of esters is 1. The lowest BCUT2D eigenvalue weighted by Crippen LogP contribution is -2.30. The van der Waals surface area contributed by atoms with Gasteiger partial charge < -0.3 is 14.6 Å². The van der Waals surface area contributed by atoms with Crippen LogP contribution in [0, 0.1) is 20.8 Å². The van der Waals surface area contributed by atoms with Gasteiger partial charge in [0.15, 0.2) is 6.10 Å². The molecular formula is C23H20ClN3O4S. The van der Waals surface area contributed by atoms with Crippen LogP contribution in [0.2, 0.25) is 5.02 Å². The first-order valence-corrected chi connectivity index (χ1v) is 11.0. The second kappa shape index (κ2) is 8.72. The van der Waals surface area contributed by atoms with Crippen LogP contribution >= 0.6 is 22.9 Å². The van der Waals surface area contributed by atoms with Gasteiger partial charge in [0, 0.05) is 15.3 Å². The van der Waals surface area contributed by atoms with Gasteiger partial charge in [-0.25, -0.2) is 9.78 Å². The van der Waals surface area contributed by atoms with Crippen LogP contribution in [0.25, 0.3) is 22.4 Å². The second-order valence-corrected chi connectivity index (χ2v) is 9.21. The number of para-hydroxylation sites is 1. The Kier molecular flexibility index (Phi) is 5.99. The van der Waals surface area contributed by atoms with Crippen LogP contribution in [0.1, 0.15) is 32.7 Å². The van der Waals surface area contributed by atoms with E-state index < -0.39 is 18.0 Å². The predicted molar refractivity (Wildman–Crippen MR) is 124 cm³/mol. The number of nitrogens with zero attached hydrogens (tertiary/aromatic N) is 2. The standard InChI is InChI=1S/C23H20ClN3O4S/c1-11-9-15(14(4)32-11)19-10-16(20-12(2)27-31-22(20)26-19)23(29)30-13(3)21(28)25-18-8-6-5-7-17(18)24/h5-10,13H,1-4H3,(H,25,28). The number of amides is 1. The number of rotatable bonds is 5. The fraction of sp³-hybridized carbons (Fsp3) is 0.217. The molecule has 0 saturated carbocycles. The van der Waals surface area contributed by atoms with E-state index in [9.17, 15) is 9.59 Å². The minimum absolute atomic E-state index is 0.239. The molecule has 0 spiro atoms. The van der Waals surface area contributed by atoms with Crippen LogP contribution in [-0.4, -0.2) is 28.1 Å². The molecule has 1 N–H and O–H groups in total. The van der Waals surface area contributed by atoms with E-state index in [2.05, 4.69) is 15.5 Å². The lowest BCUT2D eigenvalue weighted by Gasteiger charge is -2.15. The zero-order chi connectivity index (χ0) is 23.0. The Labute approximate surface area is 193 Å². The van der Waals surface area contributed by atoms with Crippen LogP contribution in [-0.2, 0) is 9.53 Å². The molecule has 0 aliphatic rings. The van der Waals surface area contributed by atoms with Crippen molar-refractivity contribution in [2.75, 3.05) is 5.32 Å². The molecule has 0 fully saturated rings. The van der Waals surface area contributed by atoms with Gasteiger partial charge in [0.05, 0.1) is 33.0 Å². The molecule has 0 aliphatic heterocycles. The first kappa shape index (κ1) is 22.0. The van der Waals surface area contributed by atoms with Crippen molar-refractivity contribution in [3.05, 3.63) is 62.4 Å². The quantitative estimate of drug-likeness (QED) is 0.376. The third-order valence-corrected chi connectivity index (χ3v) is 6.23. The monoisotopic (exact) mass is 469 g/mol. The van der Waals surface area contributed by atoms with Gasteiger partial charge in [0.2, 0.25) is 0 Å². The van der Waals surface area contributed by atoms with E-state index >= 15 is 0 Å². The van der Waals surface area contributed by atoms with Gasteiger partial charge in [-0.2, -0.15) is 0 Å². The molecule has 32 heavy (non-hydrogen) atoms. The Balaban J connectivity index is 1.64. The van der Waals surface area contributed by atoms with Gasteiger partial charge in [-0.1, -0.05) is 28.9 Å². The molecule has 3 aromatic heterocycles. The van der Waals surface area contributed by atoms with Crippen LogP contribution in [0.4, 0.5) is 5.69 Å². The highest BCUT2D eigenvalue weighted by Crippen LogP contribution is 2.33. The number of ether oxygens (including phenoxy) is 1. The van der Waals surface area contributed by atoms with Crippen molar-refractivity contribution in [2.45, 2.75) is 33.8 Å². The van der Waals surface area contributed by atoms with E-state index in [4.69, 9.17) is 20.9 Å². The van der Waals surface area contributed by atoms with E-state index in [1.54, 1.807) is 48.6 Å². The highest BCUT2D eigenvalue weighted by Gasteiger charge is 2.25. The Morgan fingerprint density at radius 3 is 2.62 bits per heavy atom. The number of benzene rings is 1. The van der Waals surface area contributed by atoms with Gasteiger partial charge >= 0.3 is 5.97 Å². The molecule has 0 saturated heterocycles. The first-order valence-electron chi connectivity index (χ1n) is 9.85. The number of hydrogen-bond acceptors (Lipinski definition) is 7. The van der Waals surface area contributed by atoms with Crippen molar-refractivity contribution in [1.29, 1.82) is 0 Å². The Bertz CT molecular complexity index is 1340. The van der Waals surface area contributed by atoms with E-state index in [-0.39, 0.29) is 11.3 Å². The van der Waals surface area contributed by atoms with Crippen LogP contribution < -0.4 is 5.32 Å². The maximum Gasteiger partial charge on any atom is 0.339 e. The zero-order valence-electron chi connectivity index (χ0n) is 17.9. The molecule has 9 heteroatoms. The summed E-state index contributed by atoms with van der Waals surface area (Å²) in [5, 5.41) is 7.46. The molecule has 1 aromatic carbocycles. The number of fused-ring (bicyclic) bond motifs is 1. The average Bonchev–Trinajstić information content (AvgIpc) is 3.30. The van der Waals surface area contributed by atoms with Crippen LogP contribution in [0.5, 0.6) is 0 Å². The number of carbonyl (C=O) groups is 2. The van der Waals surface area contributed by atoms with Crippen molar-refractivity contribution >= 4 is 51.6 Å². The minimum Gasteiger partial charge on any atom is -0.449 e. The zero-order valence-corrected chi connectivity index (χ0v) is 19.4. The van der Waals surface area contributed by atoms with Crippen molar-refractivity contribution in [3.8, 4) is 11.3 Å². The minimum atomic E-state index is -1.06. The van der Waals surface area contributed by atoms with Gasteiger partial charge in [-0.3, -0.25) is 4.79 Å². The van der Waals surface area contributed by atoms with Gasteiger partial charge in [0.1, 0.15) is 0 Å². The lowest BCUT2D eigenvalue weighted by atomic mass is 10.1. The number of carbonyl (C=O) groups excluding carboxylic acids is 2. The third-order valence-electron chi connectivity index (χ3n) is 4.94. The summed E-state index contributed by atoms with van der Waals surface area (Å²) in [4.78, 5) is 32.4. The van der Waals surface area contributed by atoms with E-state index in [0.29, 0.717) is 27.5 Å². The highest BCUT2D eigenvalue weighted by molar-refractivity contribution is 7.12. The molecule has 1 atom stereocenters. The molecule has 0 aliphatic carbocycles. The number of aromatic nitrogens is 2. The Hall–Kier alpha value is -3.23. The number of halogens is 1. The largest absolute Gasteiger partial charge is 0.449 e. The highest BCUT2D eigenvalue weighted by atomic mass is 35.5. The third kappa shape index (κ3) is 4.24. The molecule has 1 unspecified atom stereocenters. The van der Waals surface area contributed by atoms with Crippen molar-refractivity contribution in [1.82, 2.24) is 10.1 Å². The number of thiophene rings is 1. The predicted octanol–water partition coefficient (Wildman–Crippen LogP) is 5.71. The fourth-order valence-corrected chi connectivity index (χ4v) is 4.47. The Morgan fingerprint density at radius 2 is 1.94 bits per heavy atom. The summed E-state index contributed by atoms with van der Waals surface area (Å²) in [6.07, 6.45) is -1.06. The molecule has 0 radical (unpaired) electrons. The maximum atomic E-state index is 13.1. The summed E-state index contributed by atoms with van der Waals surface area (Å²) < 4.78 is 10.8. The summed E-state index contributed by atoms with van der Waals surface area (Å²) >= 11 is 7.73. The van der Waals surface area contributed by atoms with Crippen LogP contribution in [0.3, 0.4) is 0 Å². The summed E-state index contributed by atoms with van der Waals surface area (Å²) in [6.45, 7) is 7.21. The summed E-state index contributed by atoms with van der Waals surface area (Å²) in [7, 11) is 0. The summed E-state index contributed by atoms with van der Waals surface area (Å²) in [5.74, 6) is -1.17. The molecule has 1 amide bonds. The molecule has 4 rings (SSSR count). The summed E-state index contributed by atoms with van der Waals surface area (Å²) in [5.41, 5.74) is 2.91. The molecule has 3 heterocycles. The number of anilines is 1. The fourth-order valence-electron chi connectivity index (χ4n) is 3.35. The number of aryl methyl sites for hydroxylation is 3. The van der Waals surface area contributed by atoms with Gasteiger partial charge in [-0.05, 0) is 52.0 Å². The molecule has 164 valence electrons. The topological polar surface area (TPSA) is 94.3 Å². The van der Waals surface area contributed by atoms with Crippen molar-refractivity contribution < 1.29 is 18.8 Å². The number of hydrogen-bond donors (Lipinski definition) is 1. The smallest absolute Gasteiger partial charge is 0.339 e. The number of nitrogens with one attached hydrogen (secondary N) is 1. The summed E-state index contributed by atoms with van der Waals surface area (Å²) in [6, 6.07) is 10.5. The molecule has 7 nitrogen and oxygen atoms in total. The van der Waals surface area contributed by atoms with Crippen molar-refractivity contribution in [2.24, 2.45) is 0 Å². The number of pyridine rings is 1. The van der Waals surface area contributed by atoms with E-state index in [1.807, 2.05) is 19.9 Å². The van der Waals surface area contributed by atoms with Crippen LogP contribution in [0.15, 0.2) is 40.9 Å². The molecular weight excluding hydrogens is 450 g/mol. The van der Waals surface area contributed by atoms with E-state index in [1.165, 1.54) is 6.92 Å². The Morgan fingerprint density at radius 1 is 1.19 bits per heavy atom. The molecule has 4 aromatic rings. The van der Waals surface area contributed by atoms with Gasteiger partial charge in [-0.15, -0.1) is 11.3 Å². The molecule has 0 bridgehead atoms. The lowest BCUT2D eigenvalue weighted by molar-refractivity contribution is -0.123. The van der Waals surface area contributed by atoms with Crippen molar-refractivity contribution in [3.63, 3.8) is 0 Å². The average molecular weight is 470 g/mol. The normalized spacial score (nSPS) is 12.0. The van der Waals surface area contributed by atoms with Gasteiger partial charge in [0.25, 0.3) is 11.6 Å². The SMILES string of the molecule is Cc1cc(-c2cc(C(=O)OC(C)C(=O)Nc3ccccc3Cl)c3c(C)noc3n2)c(C)s1. The second-order valence-electron chi connectivity index (χ2n) is 7.35. The maximum absolute atomic E-state index is 13.1. The first-order chi connectivity index (χ1) is 15.2. The van der Waals surface area contributed by atoms with E-state index in [0.717, 1.165) is 15.3 Å².